The standard InChI is InChI=1S/C33H27FN6O/c1-3-41-26-19-17-24(18-20-26)35-31-33-37-32-29(21(2)38-40(32)25-9-5-4-6-10-25)30(22-13-15-23(34)16-14-22)39(33)28-12-8-7-11-27(28)36-31/h4-20,30H,3H2,1-2H3,(H,35,36)/t30-/m1/s1. The van der Waals surface area contributed by atoms with Gasteiger partial charge in [-0.05, 0) is 80.1 Å². The number of fused-ring (bicyclic) bond motifs is 4. The average Bonchev–Trinajstić information content (AvgIpc) is 3.34. The molecule has 7 rings (SSSR count). The summed E-state index contributed by atoms with van der Waals surface area (Å²) in [6.45, 7) is 4.56. The van der Waals surface area contributed by atoms with Crippen LogP contribution in [0.3, 0.4) is 0 Å². The first-order valence-electron chi connectivity index (χ1n) is 13.6. The number of halogens is 1. The highest BCUT2D eigenvalue weighted by Gasteiger charge is 2.41. The van der Waals surface area contributed by atoms with Crippen LogP contribution in [-0.4, -0.2) is 28.1 Å². The van der Waals surface area contributed by atoms with E-state index in [-0.39, 0.29) is 11.9 Å². The number of nitrogens with one attached hydrogen (secondary N) is 1. The van der Waals surface area contributed by atoms with E-state index in [1.165, 1.54) is 12.1 Å². The minimum atomic E-state index is -0.315. The predicted octanol–water partition coefficient (Wildman–Crippen LogP) is 7.51. The van der Waals surface area contributed by atoms with Gasteiger partial charge in [-0.25, -0.2) is 19.1 Å². The zero-order chi connectivity index (χ0) is 27.9. The van der Waals surface area contributed by atoms with Crippen molar-refractivity contribution in [1.29, 1.82) is 0 Å². The van der Waals surface area contributed by atoms with Crippen molar-refractivity contribution in [3.8, 4) is 11.4 Å². The second kappa shape index (κ2) is 10.1. The van der Waals surface area contributed by atoms with Crippen molar-refractivity contribution in [2.75, 3.05) is 16.8 Å². The minimum Gasteiger partial charge on any atom is -0.494 e. The van der Waals surface area contributed by atoms with Gasteiger partial charge in [0.05, 0.1) is 35.4 Å². The lowest BCUT2D eigenvalue weighted by Gasteiger charge is -2.40. The van der Waals surface area contributed by atoms with E-state index in [9.17, 15) is 4.39 Å². The number of ether oxygens (including phenoxy) is 1. The predicted molar refractivity (Wildman–Crippen MR) is 161 cm³/mol. The smallest absolute Gasteiger partial charge is 0.179 e. The monoisotopic (exact) mass is 542 g/mol. The van der Waals surface area contributed by atoms with E-state index in [2.05, 4.69) is 10.2 Å². The van der Waals surface area contributed by atoms with Crippen molar-refractivity contribution in [2.24, 2.45) is 9.98 Å². The molecule has 0 fully saturated rings. The molecule has 0 spiro atoms. The first-order valence-corrected chi connectivity index (χ1v) is 13.6. The lowest BCUT2D eigenvalue weighted by Crippen LogP contribution is -2.46. The summed E-state index contributed by atoms with van der Waals surface area (Å²) in [7, 11) is 0. The zero-order valence-electron chi connectivity index (χ0n) is 22.6. The third kappa shape index (κ3) is 4.34. The Labute approximate surface area is 237 Å². The molecule has 0 radical (unpaired) electrons. The van der Waals surface area contributed by atoms with Gasteiger partial charge in [-0.3, -0.25) is 0 Å². The molecule has 1 atom stereocenters. The summed E-state index contributed by atoms with van der Waals surface area (Å²) < 4.78 is 21.6. The number of rotatable bonds is 5. The molecule has 8 heteroatoms. The number of hydrogen-bond acceptors (Lipinski definition) is 6. The molecule has 0 aliphatic carbocycles. The maximum Gasteiger partial charge on any atom is 0.179 e. The van der Waals surface area contributed by atoms with Gasteiger partial charge in [0.1, 0.15) is 11.6 Å². The number of nitrogens with zero attached hydrogens (tertiary/aromatic N) is 5. The lowest BCUT2D eigenvalue weighted by molar-refractivity contribution is 0.340. The van der Waals surface area contributed by atoms with Crippen LogP contribution in [0.15, 0.2) is 113 Å². The Morgan fingerprint density at radius 3 is 2.34 bits per heavy atom. The van der Waals surface area contributed by atoms with E-state index in [0.29, 0.717) is 18.3 Å². The van der Waals surface area contributed by atoms with E-state index in [0.717, 1.165) is 51.1 Å². The topological polar surface area (TPSA) is 67.0 Å². The SMILES string of the molecule is CCOc1ccc(NC2=Nc3ccccc3N3C2=Nc2c(c(C)nn2-c2ccccc2)[C@H]3c2ccc(F)cc2)cc1. The molecule has 2 aliphatic rings. The summed E-state index contributed by atoms with van der Waals surface area (Å²) in [5.74, 6) is 2.48. The van der Waals surface area contributed by atoms with Gasteiger partial charge in [0.25, 0.3) is 0 Å². The molecule has 0 unspecified atom stereocenters. The number of aryl methyl sites for hydroxylation is 1. The van der Waals surface area contributed by atoms with Gasteiger partial charge in [-0.1, -0.05) is 42.5 Å². The molecule has 1 aromatic heterocycles. The van der Waals surface area contributed by atoms with Crippen LogP contribution in [0, 0.1) is 12.7 Å². The summed E-state index contributed by atoms with van der Waals surface area (Å²) in [5, 5.41) is 8.44. The van der Waals surface area contributed by atoms with Crippen LogP contribution in [0.5, 0.6) is 5.75 Å². The number of anilines is 2. The van der Waals surface area contributed by atoms with Gasteiger partial charge in [0.2, 0.25) is 0 Å². The number of para-hydroxylation sites is 3. The van der Waals surface area contributed by atoms with Crippen LogP contribution < -0.4 is 15.0 Å². The van der Waals surface area contributed by atoms with Crippen molar-refractivity contribution >= 4 is 34.6 Å². The van der Waals surface area contributed by atoms with Crippen molar-refractivity contribution < 1.29 is 9.13 Å². The van der Waals surface area contributed by atoms with Crippen molar-refractivity contribution in [2.45, 2.75) is 19.9 Å². The number of amidine groups is 2. The lowest BCUT2D eigenvalue weighted by atomic mass is 9.93. The Balaban J connectivity index is 1.44. The molecular weight excluding hydrogens is 515 g/mol. The van der Waals surface area contributed by atoms with Gasteiger partial charge < -0.3 is 15.0 Å². The number of hydrogen-bond donors (Lipinski definition) is 1. The Morgan fingerprint density at radius 2 is 1.59 bits per heavy atom. The quantitative estimate of drug-likeness (QED) is 0.250. The molecule has 4 aromatic carbocycles. The Hall–Kier alpha value is -5.24. The summed E-state index contributed by atoms with van der Waals surface area (Å²) in [4.78, 5) is 12.4. The van der Waals surface area contributed by atoms with E-state index in [4.69, 9.17) is 19.8 Å². The molecule has 0 saturated heterocycles. The van der Waals surface area contributed by atoms with Crippen molar-refractivity contribution in [3.63, 3.8) is 0 Å². The Morgan fingerprint density at radius 1 is 0.854 bits per heavy atom. The number of aromatic nitrogens is 2. The molecule has 0 amide bonds. The fraction of sp³-hybridized carbons (Fsp3) is 0.121. The summed E-state index contributed by atoms with van der Waals surface area (Å²) in [6.07, 6.45) is 0. The fourth-order valence-electron chi connectivity index (χ4n) is 5.45. The largest absolute Gasteiger partial charge is 0.494 e. The maximum absolute atomic E-state index is 14.1. The third-order valence-corrected chi connectivity index (χ3v) is 7.25. The molecule has 5 aromatic rings. The molecule has 0 bridgehead atoms. The first-order chi connectivity index (χ1) is 20.1. The summed E-state index contributed by atoms with van der Waals surface area (Å²) >= 11 is 0. The van der Waals surface area contributed by atoms with Gasteiger partial charge in [0, 0.05) is 11.3 Å². The van der Waals surface area contributed by atoms with E-state index < -0.39 is 0 Å². The third-order valence-electron chi connectivity index (χ3n) is 7.25. The average molecular weight is 543 g/mol. The molecule has 41 heavy (non-hydrogen) atoms. The van der Waals surface area contributed by atoms with Crippen LogP contribution in [0.4, 0.5) is 27.3 Å². The molecule has 2 aliphatic heterocycles. The number of aliphatic imine (C=N–C) groups is 2. The van der Waals surface area contributed by atoms with Gasteiger partial charge in [-0.2, -0.15) is 5.10 Å². The fourth-order valence-corrected chi connectivity index (χ4v) is 5.45. The maximum atomic E-state index is 14.1. The van der Waals surface area contributed by atoms with Gasteiger partial charge in [0.15, 0.2) is 17.5 Å². The summed E-state index contributed by atoms with van der Waals surface area (Å²) in [6, 6.07) is 32.1. The second-order valence-corrected chi connectivity index (χ2v) is 9.86. The first kappa shape index (κ1) is 24.8. The molecule has 0 saturated carbocycles. The van der Waals surface area contributed by atoms with Crippen LogP contribution in [0.1, 0.15) is 29.8 Å². The van der Waals surface area contributed by atoms with E-state index in [1.807, 2.05) is 110 Å². The van der Waals surface area contributed by atoms with Crippen molar-refractivity contribution in [1.82, 2.24) is 9.78 Å². The molecule has 1 N–H and O–H groups in total. The molecule has 202 valence electrons. The minimum absolute atomic E-state index is 0.283. The van der Waals surface area contributed by atoms with E-state index >= 15 is 0 Å². The highest BCUT2D eigenvalue weighted by atomic mass is 19.1. The zero-order valence-corrected chi connectivity index (χ0v) is 22.6. The van der Waals surface area contributed by atoms with Gasteiger partial charge >= 0.3 is 0 Å². The Bertz CT molecular complexity index is 1790. The molecular formula is C33H27FN6O. The van der Waals surface area contributed by atoms with Crippen LogP contribution in [0.25, 0.3) is 5.69 Å². The number of benzene rings is 4. The van der Waals surface area contributed by atoms with Crippen molar-refractivity contribution in [3.05, 3.63) is 126 Å². The van der Waals surface area contributed by atoms with Gasteiger partial charge in [-0.15, -0.1) is 0 Å². The normalized spacial score (nSPS) is 15.3. The molecule has 7 nitrogen and oxygen atoms in total. The van der Waals surface area contributed by atoms with Crippen LogP contribution in [-0.2, 0) is 0 Å². The van der Waals surface area contributed by atoms with Crippen LogP contribution >= 0.6 is 0 Å². The second-order valence-electron chi connectivity index (χ2n) is 9.86. The Kier molecular flexibility index (Phi) is 6.08. The highest BCUT2D eigenvalue weighted by molar-refractivity contribution is 6.51. The summed E-state index contributed by atoms with van der Waals surface area (Å²) in [5.41, 5.74) is 6.21. The van der Waals surface area contributed by atoms with E-state index in [1.54, 1.807) is 0 Å². The highest BCUT2D eigenvalue weighted by Crippen LogP contribution is 2.48. The molecule has 3 heterocycles. The van der Waals surface area contributed by atoms with Crippen LogP contribution in [0.2, 0.25) is 0 Å².